The monoisotopic (exact) mass is 473 g/mol. The Hall–Kier alpha value is -1.21. The van der Waals surface area contributed by atoms with Crippen molar-refractivity contribution in [2.75, 3.05) is 19.8 Å². The van der Waals surface area contributed by atoms with Crippen molar-refractivity contribution in [3.63, 3.8) is 0 Å². The number of hydrogen-bond acceptors (Lipinski definition) is 10. The molecule has 4 saturated heterocycles. The Balaban J connectivity index is 1.15. The van der Waals surface area contributed by atoms with Gasteiger partial charge in [0.25, 0.3) is 0 Å². The highest BCUT2D eigenvalue weighted by atomic mass is 16.7. The van der Waals surface area contributed by atoms with Crippen molar-refractivity contribution in [2.24, 2.45) is 5.92 Å². The van der Waals surface area contributed by atoms with Crippen LogP contribution in [0.5, 0.6) is 0 Å². The maximum Gasteiger partial charge on any atom is 0.229 e. The summed E-state index contributed by atoms with van der Waals surface area (Å²) in [5.74, 6) is -0.0309. The van der Waals surface area contributed by atoms with Crippen LogP contribution in [0, 0.1) is 16.0 Å². The lowest BCUT2D eigenvalue weighted by atomic mass is 9.94. The first-order valence-electron chi connectivity index (χ1n) is 12.0. The van der Waals surface area contributed by atoms with Gasteiger partial charge in [-0.05, 0) is 32.1 Å². The van der Waals surface area contributed by atoms with Crippen LogP contribution in [0.25, 0.3) is 0 Å². The van der Waals surface area contributed by atoms with E-state index in [1.807, 2.05) is 6.92 Å². The highest BCUT2D eigenvalue weighted by Gasteiger charge is 2.52. The summed E-state index contributed by atoms with van der Waals surface area (Å²) in [5, 5.41) is 30.6. The fourth-order valence-corrected chi connectivity index (χ4v) is 5.39. The molecule has 0 aromatic heterocycles. The zero-order chi connectivity index (χ0) is 23.5. The summed E-state index contributed by atoms with van der Waals surface area (Å²) in [6, 6.07) is 0. The van der Waals surface area contributed by atoms with Crippen LogP contribution >= 0.6 is 0 Å². The topological polar surface area (TPSA) is 147 Å². The van der Waals surface area contributed by atoms with Gasteiger partial charge in [0.1, 0.15) is 24.1 Å². The summed E-state index contributed by atoms with van der Waals surface area (Å²) in [6.45, 7) is 2.25. The number of nitro groups is 1. The Morgan fingerprint density at radius 2 is 1.88 bits per heavy atom. The van der Waals surface area contributed by atoms with E-state index in [0.29, 0.717) is 45.3 Å². The molecule has 8 unspecified atom stereocenters. The van der Waals surface area contributed by atoms with Crippen molar-refractivity contribution < 1.29 is 43.6 Å². The molecule has 0 aromatic rings. The molecule has 11 nitrogen and oxygen atoms in total. The van der Waals surface area contributed by atoms with Crippen LogP contribution in [-0.2, 0) is 28.5 Å². The number of carbonyl (C=O) groups is 1. The third kappa shape index (κ3) is 6.68. The van der Waals surface area contributed by atoms with E-state index in [4.69, 9.17) is 23.7 Å². The smallest absolute Gasteiger partial charge is 0.229 e. The summed E-state index contributed by atoms with van der Waals surface area (Å²) in [6.07, 6.45) is -0.00905. The molecule has 4 aliphatic heterocycles. The average molecular weight is 474 g/mol. The summed E-state index contributed by atoms with van der Waals surface area (Å²) in [5.41, 5.74) is 0. The largest absolute Gasteiger partial charge is 0.393 e. The van der Waals surface area contributed by atoms with Crippen LogP contribution in [0.15, 0.2) is 0 Å². The Morgan fingerprint density at radius 1 is 1.06 bits per heavy atom. The lowest BCUT2D eigenvalue weighted by molar-refractivity contribution is -0.490. The van der Waals surface area contributed by atoms with Gasteiger partial charge in [-0.15, -0.1) is 0 Å². The van der Waals surface area contributed by atoms with Gasteiger partial charge < -0.3 is 33.9 Å². The molecule has 0 spiro atoms. The number of rotatable bonds is 11. The molecule has 0 aliphatic carbocycles. The summed E-state index contributed by atoms with van der Waals surface area (Å²) in [4.78, 5) is 22.4. The van der Waals surface area contributed by atoms with Gasteiger partial charge in [0.05, 0.1) is 43.7 Å². The van der Waals surface area contributed by atoms with Crippen LogP contribution in [0.4, 0.5) is 0 Å². The average Bonchev–Trinajstić information content (AvgIpc) is 3.38. The minimum Gasteiger partial charge on any atom is -0.393 e. The number of fused-ring (bicyclic) bond motifs is 1. The van der Waals surface area contributed by atoms with Crippen molar-refractivity contribution in [2.45, 2.75) is 107 Å². The standard InChI is InChI=1S/C22H35NO10/c1-12-21-22-19(31-12)8-20(33-22)30-11-17(32-21)3-2-14(24)6-15(25)4-13-5-18(29-10-13)7-16(26)9-23(27)28/h12-14,16-22,24,26H,2-11H2,1H3/t12?,13?,14?,16?,17?,18-,19?,20-,21?,22?/m0/s1. The van der Waals surface area contributed by atoms with Gasteiger partial charge in [-0.2, -0.15) is 0 Å². The zero-order valence-electron chi connectivity index (χ0n) is 19.0. The van der Waals surface area contributed by atoms with Gasteiger partial charge in [-0.3, -0.25) is 14.9 Å². The molecule has 10 atom stereocenters. The number of hydrogen-bond donors (Lipinski definition) is 2. The molecule has 0 radical (unpaired) electrons. The summed E-state index contributed by atoms with van der Waals surface area (Å²) < 4.78 is 29.4. The molecule has 0 saturated carbocycles. The van der Waals surface area contributed by atoms with Gasteiger partial charge in [-0.1, -0.05) is 0 Å². The van der Waals surface area contributed by atoms with Crippen molar-refractivity contribution in [1.29, 1.82) is 0 Å². The van der Waals surface area contributed by atoms with Gasteiger partial charge in [0.15, 0.2) is 6.29 Å². The van der Waals surface area contributed by atoms with Crippen molar-refractivity contribution in [3.05, 3.63) is 10.1 Å². The second-order valence-corrected chi connectivity index (χ2v) is 9.84. The maximum atomic E-state index is 12.4. The number of aliphatic hydroxyl groups is 2. The fourth-order valence-electron chi connectivity index (χ4n) is 5.39. The third-order valence-electron chi connectivity index (χ3n) is 6.95. The molecule has 2 bridgehead atoms. The van der Waals surface area contributed by atoms with E-state index in [0.717, 1.165) is 0 Å². The molecule has 4 heterocycles. The third-order valence-corrected chi connectivity index (χ3v) is 6.95. The molecule has 0 amide bonds. The van der Waals surface area contributed by atoms with Gasteiger partial charge in [-0.25, -0.2) is 0 Å². The molecule has 33 heavy (non-hydrogen) atoms. The van der Waals surface area contributed by atoms with E-state index in [1.54, 1.807) is 0 Å². The quantitative estimate of drug-likeness (QED) is 0.323. The Morgan fingerprint density at radius 3 is 2.67 bits per heavy atom. The Bertz CT molecular complexity index is 692. The molecular weight excluding hydrogens is 438 g/mol. The second kappa shape index (κ2) is 11.0. The summed E-state index contributed by atoms with van der Waals surface area (Å²) in [7, 11) is 0. The Kier molecular flexibility index (Phi) is 8.32. The molecule has 188 valence electrons. The number of ketones is 1. The highest BCUT2D eigenvalue weighted by molar-refractivity contribution is 5.79. The molecular formula is C22H35NO10. The van der Waals surface area contributed by atoms with Gasteiger partial charge in [0.2, 0.25) is 6.54 Å². The van der Waals surface area contributed by atoms with E-state index in [1.165, 1.54) is 0 Å². The highest BCUT2D eigenvalue weighted by Crippen LogP contribution is 2.38. The van der Waals surface area contributed by atoms with Crippen molar-refractivity contribution in [1.82, 2.24) is 0 Å². The second-order valence-electron chi connectivity index (χ2n) is 9.84. The van der Waals surface area contributed by atoms with Crippen LogP contribution in [0.1, 0.15) is 51.9 Å². The first kappa shape index (κ1) is 24.9. The number of nitrogens with zero attached hydrogens (tertiary/aromatic N) is 1. The first-order valence-corrected chi connectivity index (χ1v) is 12.0. The molecule has 4 rings (SSSR count). The SMILES string of the molecule is CC1OC2C[C@H]3OCC(CCC(O)CC(=O)CC4CO[C@H](CC(O)C[N+](=O)[O-])C4)OC1C2O3. The fraction of sp³-hybridized carbons (Fsp3) is 0.955. The first-order chi connectivity index (χ1) is 15.8. The minimum absolute atomic E-state index is 0.00659. The predicted octanol–water partition coefficient (Wildman–Crippen LogP) is 0.596. The van der Waals surface area contributed by atoms with E-state index >= 15 is 0 Å². The summed E-state index contributed by atoms with van der Waals surface area (Å²) >= 11 is 0. The molecule has 11 heteroatoms. The molecule has 4 aliphatic rings. The number of carbonyl (C=O) groups excluding carboxylic acids is 1. The number of aliphatic hydroxyl groups excluding tert-OH is 2. The lowest BCUT2D eigenvalue weighted by Crippen LogP contribution is -2.41. The van der Waals surface area contributed by atoms with Crippen LogP contribution < -0.4 is 0 Å². The van der Waals surface area contributed by atoms with Crippen LogP contribution in [-0.4, -0.2) is 95.8 Å². The normalized spacial score (nSPS) is 39.7. The molecule has 4 fully saturated rings. The van der Waals surface area contributed by atoms with E-state index in [2.05, 4.69) is 0 Å². The van der Waals surface area contributed by atoms with Crippen molar-refractivity contribution >= 4 is 5.78 Å². The lowest BCUT2D eigenvalue weighted by Gasteiger charge is -2.31. The minimum atomic E-state index is -1.05. The number of Topliss-reactive ketones (excluding diaryl/α,β-unsaturated/α-hetero) is 1. The van der Waals surface area contributed by atoms with Crippen molar-refractivity contribution in [3.8, 4) is 0 Å². The van der Waals surface area contributed by atoms with Gasteiger partial charge >= 0.3 is 0 Å². The maximum absolute atomic E-state index is 12.4. The van der Waals surface area contributed by atoms with Crippen LogP contribution in [0.3, 0.4) is 0 Å². The number of ether oxygens (including phenoxy) is 5. The van der Waals surface area contributed by atoms with Gasteiger partial charge in [0, 0.05) is 30.6 Å². The zero-order valence-corrected chi connectivity index (χ0v) is 19.0. The molecule has 0 aromatic carbocycles. The molecule has 2 N–H and O–H groups in total. The van der Waals surface area contributed by atoms with Crippen LogP contribution in [0.2, 0.25) is 0 Å². The predicted molar refractivity (Wildman–Crippen MR) is 112 cm³/mol. The Labute approximate surface area is 192 Å². The van der Waals surface area contributed by atoms with E-state index < -0.39 is 23.7 Å². The van der Waals surface area contributed by atoms with E-state index in [9.17, 15) is 25.1 Å². The van der Waals surface area contributed by atoms with E-state index in [-0.39, 0.29) is 67.5 Å².